The summed E-state index contributed by atoms with van der Waals surface area (Å²) in [5.74, 6) is -2.42. The molecule has 0 atom stereocenters. The molecule has 0 radical (unpaired) electrons. The monoisotopic (exact) mass is 403 g/mol. The second kappa shape index (κ2) is 7.90. The Kier molecular flexibility index (Phi) is 5.31. The van der Waals surface area contributed by atoms with Crippen LogP contribution in [0.25, 0.3) is 0 Å². The summed E-state index contributed by atoms with van der Waals surface area (Å²) in [6.07, 6.45) is 2.24. The van der Waals surface area contributed by atoms with Crippen molar-refractivity contribution in [2.45, 2.75) is 31.8 Å². The third-order valence-electron chi connectivity index (χ3n) is 5.65. The lowest BCUT2D eigenvalue weighted by molar-refractivity contribution is 0.0725. The summed E-state index contributed by atoms with van der Waals surface area (Å²) in [5.41, 5.74) is 1.55. The van der Waals surface area contributed by atoms with Gasteiger partial charge in [-0.2, -0.15) is 5.10 Å². The first kappa shape index (κ1) is 19.5. The maximum absolute atomic E-state index is 14.0. The van der Waals surface area contributed by atoms with E-state index in [1.54, 1.807) is 0 Å². The van der Waals surface area contributed by atoms with Crippen molar-refractivity contribution in [1.29, 1.82) is 0 Å². The fourth-order valence-corrected chi connectivity index (χ4v) is 3.90. The van der Waals surface area contributed by atoms with Crippen molar-refractivity contribution in [1.82, 2.24) is 25.3 Å². The Morgan fingerprint density at radius 3 is 2.69 bits per heavy atom. The zero-order valence-electron chi connectivity index (χ0n) is 16.2. The van der Waals surface area contributed by atoms with Gasteiger partial charge in [-0.15, -0.1) is 0 Å². The molecule has 4 rings (SSSR count). The number of hydrogen-bond donors (Lipinski definition) is 2. The van der Waals surface area contributed by atoms with Gasteiger partial charge in [0.15, 0.2) is 5.69 Å². The van der Waals surface area contributed by atoms with E-state index in [-0.39, 0.29) is 29.8 Å². The van der Waals surface area contributed by atoms with Crippen molar-refractivity contribution in [2.24, 2.45) is 0 Å². The lowest BCUT2D eigenvalue weighted by atomic mass is 10.0. The SMILES string of the molecule is CN1CCC(NC(=O)c2n[nH]c3c2CN(C(=O)c2ccc(F)cc2F)CC3)CC1. The second-order valence-corrected chi connectivity index (χ2v) is 7.68. The number of nitrogens with one attached hydrogen (secondary N) is 2. The van der Waals surface area contributed by atoms with E-state index in [1.165, 1.54) is 4.90 Å². The molecule has 1 aromatic carbocycles. The standard InChI is InChI=1S/C20H23F2N5O2/c1-26-7-4-13(5-8-26)23-19(28)18-15-11-27(9-6-17(15)24-25-18)20(29)14-3-2-12(21)10-16(14)22/h2-3,10,13H,4-9,11H2,1H3,(H,23,28)(H,24,25). The summed E-state index contributed by atoms with van der Waals surface area (Å²) in [4.78, 5) is 29.2. The second-order valence-electron chi connectivity index (χ2n) is 7.68. The maximum atomic E-state index is 14.0. The van der Waals surface area contributed by atoms with Crippen LogP contribution in [0.1, 0.15) is 44.9 Å². The molecule has 2 aliphatic rings. The lowest BCUT2D eigenvalue weighted by Gasteiger charge is -2.30. The van der Waals surface area contributed by atoms with E-state index in [2.05, 4.69) is 27.5 Å². The van der Waals surface area contributed by atoms with E-state index in [4.69, 9.17) is 0 Å². The number of benzene rings is 1. The highest BCUT2D eigenvalue weighted by atomic mass is 19.1. The summed E-state index contributed by atoms with van der Waals surface area (Å²) in [6, 6.07) is 3.00. The van der Waals surface area contributed by atoms with Crippen molar-refractivity contribution in [3.05, 3.63) is 52.3 Å². The molecule has 0 aliphatic carbocycles. The third kappa shape index (κ3) is 4.00. The number of nitrogens with zero attached hydrogens (tertiary/aromatic N) is 3. The molecule has 154 valence electrons. The number of carbonyl (C=O) groups excluding carboxylic acids is 2. The van der Waals surface area contributed by atoms with Crippen LogP contribution >= 0.6 is 0 Å². The highest BCUT2D eigenvalue weighted by molar-refractivity contribution is 5.96. The number of piperidine rings is 1. The van der Waals surface area contributed by atoms with Gasteiger partial charge in [0.2, 0.25) is 0 Å². The van der Waals surface area contributed by atoms with Crippen molar-refractivity contribution >= 4 is 11.8 Å². The van der Waals surface area contributed by atoms with E-state index in [9.17, 15) is 18.4 Å². The topological polar surface area (TPSA) is 81.3 Å². The van der Waals surface area contributed by atoms with Crippen molar-refractivity contribution in [3.63, 3.8) is 0 Å². The quantitative estimate of drug-likeness (QED) is 0.818. The molecule has 2 aromatic rings. The van der Waals surface area contributed by atoms with Crippen LogP contribution in [-0.2, 0) is 13.0 Å². The van der Waals surface area contributed by atoms with Crippen LogP contribution in [-0.4, -0.2) is 64.5 Å². The number of rotatable bonds is 3. The number of hydrogen-bond acceptors (Lipinski definition) is 4. The van der Waals surface area contributed by atoms with E-state index >= 15 is 0 Å². The smallest absolute Gasteiger partial charge is 0.272 e. The molecular formula is C20H23F2N5O2. The molecule has 9 heteroatoms. The number of halogens is 2. The molecule has 0 unspecified atom stereocenters. The minimum Gasteiger partial charge on any atom is -0.348 e. The van der Waals surface area contributed by atoms with Crippen molar-refractivity contribution in [3.8, 4) is 0 Å². The minimum atomic E-state index is -0.895. The van der Waals surface area contributed by atoms with Crippen LogP contribution in [0, 0.1) is 11.6 Å². The predicted octanol–water partition coefficient (Wildman–Crippen LogP) is 1.71. The van der Waals surface area contributed by atoms with Crippen molar-refractivity contribution < 1.29 is 18.4 Å². The highest BCUT2D eigenvalue weighted by Gasteiger charge is 2.30. The fraction of sp³-hybridized carbons (Fsp3) is 0.450. The van der Waals surface area contributed by atoms with Gasteiger partial charge in [-0.25, -0.2) is 8.78 Å². The summed E-state index contributed by atoms with van der Waals surface area (Å²) in [5, 5.41) is 10.1. The van der Waals surface area contributed by atoms with Crippen LogP contribution in [0.4, 0.5) is 8.78 Å². The number of fused-ring (bicyclic) bond motifs is 1. The van der Waals surface area contributed by atoms with Gasteiger partial charge in [0.25, 0.3) is 11.8 Å². The first-order valence-corrected chi connectivity index (χ1v) is 9.72. The average Bonchev–Trinajstić information content (AvgIpc) is 3.12. The van der Waals surface area contributed by atoms with Crippen LogP contribution in [0.3, 0.4) is 0 Å². The molecule has 0 bridgehead atoms. The van der Waals surface area contributed by atoms with E-state index < -0.39 is 17.5 Å². The molecular weight excluding hydrogens is 380 g/mol. The maximum Gasteiger partial charge on any atom is 0.272 e. The number of carbonyl (C=O) groups is 2. The highest BCUT2D eigenvalue weighted by Crippen LogP contribution is 2.23. The van der Waals surface area contributed by atoms with Crippen LogP contribution in [0.5, 0.6) is 0 Å². The Morgan fingerprint density at radius 2 is 1.97 bits per heavy atom. The van der Waals surface area contributed by atoms with E-state index in [1.807, 2.05) is 0 Å². The average molecular weight is 403 g/mol. The summed E-state index contributed by atoms with van der Waals surface area (Å²) in [6.45, 7) is 2.36. The zero-order valence-corrected chi connectivity index (χ0v) is 16.2. The summed E-state index contributed by atoms with van der Waals surface area (Å²) < 4.78 is 27.2. The summed E-state index contributed by atoms with van der Waals surface area (Å²) in [7, 11) is 2.05. The molecule has 0 spiro atoms. The largest absolute Gasteiger partial charge is 0.348 e. The lowest BCUT2D eigenvalue weighted by Crippen LogP contribution is -2.44. The van der Waals surface area contributed by atoms with Crippen LogP contribution < -0.4 is 5.32 Å². The van der Waals surface area contributed by atoms with Gasteiger partial charge in [0, 0.05) is 36.3 Å². The Morgan fingerprint density at radius 1 is 1.21 bits per heavy atom. The van der Waals surface area contributed by atoms with Gasteiger partial charge in [-0.3, -0.25) is 14.7 Å². The predicted molar refractivity (Wildman–Crippen MR) is 101 cm³/mol. The van der Waals surface area contributed by atoms with E-state index in [0.717, 1.165) is 43.8 Å². The number of H-pyrrole nitrogens is 1. The number of aromatic nitrogens is 2. The first-order valence-electron chi connectivity index (χ1n) is 9.72. The molecule has 1 aromatic heterocycles. The van der Waals surface area contributed by atoms with Gasteiger partial charge in [0.05, 0.1) is 12.1 Å². The first-order chi connectivity index (χ1) is 13.9. The molecule has 1 saturated heterocycles. The number of likely N-dealkylation sites (tertiary alicyclic amines) is 1. The minimum absolute atomic E-state index is 0.0979. The molecule has 2 amide bonds. The third-order valence-corrected chi connectivity index (χ3v) is 5.65. The Bertz CT molecular complexity index is 937. The van der Waals surface area contributed by atoms with Gasteiger partial charge in [-0.1, -0.05) is 0 Å². The van der Waals surface area contributed by atoms with Gasteiger partial charge in [0.1, 0.15) is 11.6 Å². The van der Waals surface area contributed by atoms with Crippen LogP contribution in [0.15, 0.2) is 18.2 Å². The fourth-order valence-electron chi connectivity index (χ4n) is 3.90. The molecule has 1 fully saturated rings. The number of aromatic amines is 1. The van der Waals surface area contributed by atoms with Gasteiger partial charge in [-0.05, 0) is 45.1 Å². The Hall–Kier alpha value is -2.81. The van der Waals surface area contributed by atoms with Crippen molar-refractivity contribution in [2.75, 3.05) is 26.7 Å². The molecule has 2 aliphatic heterocycles. The van der Waals surface area contributed by atoms with Gasteiger partial charge >= 0.3 is 0 Å². The Balaban J connectivity index is 1.48. The molecule has 2 N–H and O–H groups in total. The van der Waals surface area contributed by atoms with Crippen LogP contribution in [0.2, 0.25) is 0 Å². The molecule has 7 nitrogen and oxygen atoms in total. The van der Waals surface area contributed by atoms with Gasteiger partial charge < -0.3 is 15.1 Å². The zero-order chi connectivity index (χ0) is 20.5. The Labute approximate surface area is 167 Å². The number of amides is 2. The normalized spacial score (nSPS) is 17.8. The molecule has 29 heavy (non-hydrogen) atoms. The summed E-state index contributed by atoms with van der Waals surface area (Å²) >= 11 is 0. The van der Waals surface area contributed by atoms with E-state index in [0.29, 0.717) is 24.6 Å². The molecule has 0 saturated carbocycles. The molecule has 3 heterocycles.